The number of hydrogen-bond donors (Lipinski definition) is 0. The van der Waals surface area contributed by atoms with Crippen LogP contribution in [0.1, 0.15) is 25.5 Å². The van der Waals surface area contributed by atoms with Gasteiger partial charge in [-0.3, -0.25) is 10.1 Å². The van der Waals surface area contributed by atoms with Crippen LogP contribution >= 0.6 is 0 Å². The van der Waals surface area contributed by atoms with Crippen LogP contribution in [0.3, 0.4) is 0 Å². The molecule has 0 N–H and O–H groups in total. The van der Waals surface area contributed by atoms with Gasteiger partial charge >= 0.3 is 0 Å². The molecule has 0 atom stereocenters. The third kappa shape index (κ3) is 2.74. The topological polar surface area (TPSA) is 61.0 Å². The number of nitrogens with zero attached hydrogens (tertiary/aromatic N) is 3. The summed E-state index contributed by atoms with van der Waals surface area (Å²) >= 11 is 0. The Balaban J connectivity index is 2.17. The molecule has 1 heterocycles. The highest BCUT2D eigenvalue weighted by Crippen LogP contribution is 2.15. The average molecular weight is 245 g/mol. The van der Waals surface area contributed by atoms with Gasteiger partial charge in [0.1, 0.15) is 0 Å². The third-order valence-electron chi connectivity index (χ3n) is 2.70. The zero-order valence-corrected chi connectivity index (χ0v) is 10.2. The minimum absolute atomic E-state index is 0.127. The van der Waals surface area contributed by atoms with Crippen LogP contribution < -0.4 is 0 Å². The van der Waals surface area contributed by atoms with Gasteiger partial charge in [-0.2, -0.15) is 5.10 Å². The summed E-state index contributed by atoms with van der Waals surface area (Å²) in [5.74, 6) is 0. The first-order valence-electron chi connectivity index (χ1n) is 5.98. The molecule has 0 radical (unpaired) electrons. The molecule has 0 aromatic carbocycles. The summed E-state index contributed by atoms with van der Waals surface area (Å²) in [5, 5.41) is 15.1. The predicted octanol–water partition coefficient (Wildman–Crippen LogP) is 2.80. The van der Waals surface area contributed by atoms with Gasteiger partial charge in [-0.1, -0.05) is 19.4 Å². The van der Waals surface area contributed by atoms with Crippen LogP contribution in [0.25, 0.3) is 5.70 Å². The lowest BCUT2D eigenvalue weighted by molar-refractivity contribution is -0.419. The van der Waals surface area contributed by atoms with E-state index in [1.807, 2.05) is 18.3 Å². The van der Waals surface area contributed by atoms with Crippen LogP contribution in [0.4, 0.5) is 0 Å². The molecule has 0 aliphatic heterocycles. The standard InChI is InChI=1S/C13H15N3O2/c1-2-4-11-9-10-15(14-11)12-5-3-6-13(8-7-12)16(17)18/h5-10H,2-4H2,1H3. The van der Waals surface area contributed by atoms with Gasteiger partial charge in [0.2, 0.25) is 0 Å². The second-order valence-electron chi connectivity index (χ2n) is 4.09. The van der Waals surface area contributed by atoms with E-state index in [9.17, 15) is 10.1 Å². The van der Waals surface area contributed by atoms with E-state index in [0.717, 1.165) is 24.2 Å². The Hall–Kier alpha value is -2.17. The molecule has 1 aliphatic rings. The number of aromatic nitrogens is 2. The minimum atomic E-state index is -0.376. The molecular weight excluding hydrogens is 230 g/mol. The monoisotopic (exact) mass is 245 g/mol. The van der Waals surface area contributed by atoms with Gasteiger partial charge in [0, 0.05) is 12.3 Å². The summed E-state index contributed by atoms with van der Waals surface area (Å²) in [4.78, 5) is 10.3. The van der Waals surface area contributed by atoms with Crippen LogP contribution in [0.2, 0.25) is 0 Å². The summed E-state index contributed by atoms with van der Waals surface area (Å²) in [7, 11) is 0. The fourth-order valence-corrected chi connectivity index (χ4v) is 1.81. The third-order valence-corrected chi connectivity index (χ3v) is 2.70. The zero-order valence-electron chi connectivity index (χ0n) is 10.2. The fraction of sp³-hybridized carbons (Fsp3) is 0.308. The lowest BCUT2D eigenvalue weighted by atomic mass is 10.3. The molecule has 94 valence electrons. The van der Waals surface area contributed by atoms with Gasteiger partial charge in [0.05, 0.1) is 16.3 Å². The summed E-state index contributed by atoms with van der Waals surface area (Å²) < 4.78 is 1.76. The Morgan fingerprint density at radius 1 is 1.44 bits per heavy atom. The Morgan fingerprint density at radius 2 is 2.28 bits per heavy atom. The van der Waals surface area contributed by atoms with Crippen LogP contribution in [-0.4, -0.2) is 14.7 Å². The molecule has 5 nitrogen and oxygen atoms in total. The molecule has 5 heteroatoms. The van der Waals surface area contributed by atoms with Crippen molar-refractivity contribution in [2.75, 3.05) is 0 Å². The van der Waals surface area contributed by atoms with Crippen molar-refractivity contribution in [1.82, 2.24) is 9.78 Å². The maximum absolute atomic E-state index is 10.7. The molecular formula is C13H15N3O2. The molecule has 0 bridgehead atoms. The predicted molar refractivity (Wildman–Crippen MR) is 69.3 cm³/mol. The van der Waals surface area contributed by atoms with Crippen molar-refractivity contribution in [2.24, 2.45) is 0 Å². The molecule has 0 saturated carbocycles. The average Bonchev–Trinajstić information content (AvgIpc) is 2.65. The number of hydrogen-bond acceptors (Lipinski definition) is 3. The van der Waals surface area contributed by atoms with Crippen LogP contribution in [-0.2, 0) is 6.42 Å². The van der Waals surface area contributed by atoms with E-state index in [2.05, 4.69) is 12.0 Å². The number of nitro groups is 1. The molecule has 1 aromatic heterocycles. The number of rotatable bonds is 4. The maximum Gasteiger partial charge on any atom is 0.265 e. The largest absolute Gasteiger partial charge is 0.265 e. The van der Waals surface area contributed by atoms with Crippen molar-refractivity contribution < 1.29 is 4.92 Å². The highest BCUT2D eigenvalue weighted by molar-refractivity contribution is 5.58. The Morgan fingerprint density at radius 3 is 3.00 bits per heavy atom. The molecule has 18 heavy (non-hydrogen) atoms. The second kappa shape index (κ2) is 5.44. The highest BCUT2D eigenvalue weighted by Gasteiger charge is 2.09. The fourth-order valence-electron chi connectivity index (χ4n) is 1.81. The van der Waals surface area contributed by atoms with Gasteiger partial charge in [-0.15, -0.1) is 0 Å². The lowest BCUT2D eigenvalue weighted by Gasteiger charge is -2.00. The molecule has 0 fully saturated rings. The van der Waals surface area contributed by atoms with E-state index in [-0.39, 0.29) is 10.6 Å². The molecule has 0 spiro atoms. The SMILES string of the molecule is CCCc1ccn(C2=CCC=C([N+](=O)[O-])C=C2)n1. The summed E-state index contributed by atoms with van der Waals surface area (Å²) in [6, 6.07) is 1.98. The number of aryl methyl sites for hydroxylation is 1. The van der Waals surface area contributed by atoms with E-state index in [0.29, 0.717) is 6.42 Å². The minimum Gasteiger partial charge on any atom is -0.258 e. The summed E-state index contributed by atoms with van der Waals surface area (Å²) in [6.07, 6.45) is 11.2. The first-order valence-corrected chi connectivity index (χ1v) is 5.98. The summed E-state index contributed by atoms with van der Waals surface area (Å²) in [5.41, 5.74) is 2.03. The van der Waals surface area contributed by atoms with Crippen LogP contribution in [0.15, 0.2) is 42.3 Å². The van der Waals surface area contributed by atoms with Crippen molar-refractivity contribution in [3.8, 4) is 0 Å². The van der Waals surface area contributed by atoms with Crippen molar-refractivity contribution in [3.63, 3.8) is 0 Å². The highest BCUT2D eigenvalue weighted by atomic mass is 16.6. The Kier molecular flexibility index (Phi) is 3.72. The van der Waals surface area contributed by atoms with Gasteiger partial charge in [0.25, 0.3) is 5.70 Å². The quantitative estimate of drug-likeness (QED) is 0.605. The van der Waals surface area contributed by atoms with E-state index in [1.54, 1.807) is 16.8 Å². The molecule has 0 saturated heterocycles. The van der Waals surface area contributed by atoms with Gasteiger partial charge in [-0.25, -0.2) is 4.68 Å². The van der Waals surface area contributed by atoms with Crippen molar-refractivity contribution in [2.45, 2.75) is 26.2 Å². The molecule has 0 unspecified atom stereocenters. The smallest absolute Gasteiger partial charge is 0.258 e. The van der Waals surface area contributed by atoms with E-state index in [1.165, 1.54) is 6.08 Å². The van der Waals surface area contributed by atoms with Crippen LogP contribution in [0, 0.1) is 10.1 Å². The lowest BCUT2D eigenvalue weighted by Crippen LogP contribution is -1.97. The first kappa shape index (κ1) is 12.3. The molecule has 0 amide bonds. The van der Waals surface area contributed by atoms with Crippen LogP contribution in [0.5, 0.6) is 0 Å². The maximum atomic E-state index is 10.7. The van der Waals surface area contributed by atoms with E-state index < -0.39 is 0 Å². The molecule has 1 aliphatic carbocycles. The molecule has 2 rings (SSSR count). The normalized spacial score (nSPS) is 14.9. The van der Waals surface area contributed by atoms with E-state index in [4.69, 9.17) is 0 Å². The van der Waals surface area contributed by atoms with Crippen molar-refractivity contribution in [1.29, 1.82) is 0 Å². The first-order chi connectivity index (χ1) is 8.70. The number of allylic oxidation sites excluding steroid dienone is 5. The molecule has 1 aromatic rings. The van der Waals surface area contributed by atoms with E-state index >= 15 is 0 Å². The second-order valence-corrected chi connectivity index (χ2v) is 4.09. The van der Waals surface area contributed by atoms with Crippen molar-refractivity contribution in [3.05, 3.63) is 58.1 Å². The Labute approximate surface area is 105 Å². The van der Waals surface area contributed by atoms with Gasteiger partial charge < -0.3 is 0 Å². The van der Waals surface area contributed by atoms with Gasteiger partial charge in [0.15, 0.2) is 0 Å². The Bertz CT molecular complexity index is 538. The van der Waals surface area contributed by atoms with Crippen molar-refractivity contribution >= 4 is 5.70 Å². The van der Waals surface area contributed by atoms with Gasteiger partial charge in [-0.05, 0) is 31.1 Å². The summed E-state index contributed by atoms with van der Waals surface area (Å²) in [6.45, 7) is 2.11. The zero-order chi connectivity index (χ0) is 13.0.